The predicted octanol–water partition coefficient (Wildman–Crippen LogP) is 1.06. The Bertz CT molecular complexity index is 136. The lowest BCUT2D eigenvalue weighted by molar-refractivity contribution is 0.242. The number of nitrogens with one attached hydrogen (secondary N) is 2. The molecule has 0 radical (unpaired) electrons. The van der Waals surface area contributed by atoms with E-state index in [1.54, 1.807) is 0 Å². The van der Waals surface area contributed by atoms with E-state index in [9.17, 15) is 4.79 Å². The maximum Gasteiger partial charge on any atom is 0.315 e. The van der Waals surface area contributed by atoms with Crippen LogP contribution in [0, 0.1) is 0 Å². The molecule has 0 heterocycles. The lowest BCUT2D eigenvalue weighted by Crippen LogP contribution is -2.35. The second kappa shape index (κ2) is 5.11. The first-order chi connectivity index (χ1) is 4.66. The summed E-state index contributed by atoms with van der Waals surface area (Å²) in [7, 11) is 0. The van der Waals surface area contributed by atoms with E-state index in [1.807, 2.05) is 6.92 Å². The molecule has 2 amide bonds. The molecule has 0 aliphatic carbocycles. The van der Waals surface area contributed by atoms with Gasteiger partial charge < -0.3 is 10.6 Å². The van der Waals surface area contributed by atoms with Crippen molar-refractivity contribution < 1.29 is 4.79 Å². The van der Waals surface area contributed by atoms with Crippen LogP contribution in [-0.4, -0.2) is 19.1 Å². The highest BCUT2D eigenvalue weighted by Crippen LogP contribution is 1.91. The van der Waals surface area contributed by atoms with Crippen LogP contribution in [-0.2, 0) is 0 Å². The van der Waals surface area contributed by atoms with Gasteiger partial charge in [-0.15, -0.1) is 0 Å². The molecular weight excluding hydrogens is 152 g/mol. The van der Waals surface area contributed by atoms with Crippen LogP contribution in [0.3, 0.4) is 0 Å². The Kier molecular flexibility index (Phi) is 4.76. The number of hydrogen-bond donors (Lipinski definition) is 2. The quantitative estimate of drug-likeness (QED) is 0.640. The monoisotopic (exact) mass is 162 g/mol. The van der Waals surface area contributed by atoms with Gasteiger partial charge in [0.1, 0.15) is 0 Å². The second-order valence-corrected chi connectivity index (χ2v) is 2.26. The van der Waals surface area contributed by atoms with E-state index in [1.165, 1.54) is 0 Å². The van der Waals surface area contributed by atoms with E-state index < -0.39 is 0 Å². The van der Waals surface area contributed by atoms with Gasteiger partial charge in [-0.25, -0.2) is 4.79 Å². The van der Waals surface area contributed by atoms with E-state index >= 15 is 0 Å². The van der Waals surface area contributed by atoms with Gasteiger partial charge in [-0.2, -0.15) is 0 Å². The molecule has 0 bridgehead atoms. The van der Waals surface area contributed by atoms with Crippen LogP contribution in [0.1, 0.15) is 6.92 Å². The van der Waals surface area contributed by atoms with Crippen molar-refractivity contribution >= 4 is 17.6 Å². The Hall–Kier alpha value is -0.700. The maximum absolute atomic E-state index is 10.6. The molecule has 0 aromatic carbocycles. The molecule has 2 N–H and O–H groups in total. The van der Waals surface area contributed by atoms with Crippen LogP contribution in [0.4, 0.5) is 4.79 Å². The van der Waals surface area contributed by atoms with Crippen molar-refractivity contribution in [1.29, 1.82) is 0 Å². The van der Waals surface area contributed by atoms with Gasteiger partial charge >= 0.3 is 6.03 Å². The zero-order chi connectivity index (χ0) is 7.98. The summed E-state index contributed by atoms with van der Waals surface area (Å²) in [6.07, 6.45) is 0. The Morgan fingerprint density at radius 3 is 2.60 bits per heavy atom. The van der Waals surface area contributed by atoms with Gasteiger partial charge in [-0.3, -0.25) is 0 Å². The highest BCUT2D eigenvalue weighted by Gasteiger charge is 1.95. The molecule has 0 rings (SSSR count). The van der Waals surface area contributed by atoms with Crippen molar-refractivity contribution in [3.05, 3.63) is 11.6 Å². The fourth-order valence-electron chi connectivity index (χ4n) is 0.399. The molecule has 0 aliphatic heterocycles. The number of halogens is 1. The van der Waals surface area contributed by atoms with E-state index in [0.29, 0.717) is 18.1 Å². The summed E-state index contributed by atoms with van der Waals surface area (Å²) in [6.45, 7) is 6.18. The number of urea groups is 1. The summed E-state index contributed by atoms with van der Waals surface area (Å²) >= 11 is 5.39. The van der Waals surface area contributed by atoms with Crippen LogP contribution in [0.2, 0.25) is 0 Å². The van der Waals surface area contributed by atoms with Crippen LogP contribution >= 0.6 is 11.6 Å². The molecule has 4 heteroatoms. The summed E-state index contributed by atoms with van der Waals surface area (Å²) in [6, 6.07) is -0.218. The Morgan fingerprint density at radius 2 is 2.20 bits per heavy atom. The van der Waals surface area contributed by atoms with Gasteiger partial charge in [0.25, 0.3) is 0 Å². The number of hydrogen-bond acceptors (Lipinski definition) is 1. The molecule has 0 aliphatic rings. The SMILES string of the molecule is C=C(Cl)CNC(=O)NCC. The summed E-state index contributed by atoms with van der Waals surface area (Å²) in [5.41, 5.74) is 0. The minimum atomic E-state index is -0.218. The van der Waals surface area contributed by atoms with Crippen LogP contribution < -0.4 is 10.6 Å². The first kappa shape index (κ1) is 9.30. The molecule has 3 nitrogen and oxygen atoms in total. The van der Waals surface area contributed by atoms with Gasteiger partial charge in [0, 0.05) is 11.6 Å². The Balaban J connectivity index is 3.30. The third kappa shape index (κ3) is 5.44. The molecule has 0 unspecified atom stereocenters. The van der Waals surface area contributed by atoms with E-state index in [-0.39, 0.29) is 6.03 Å². The number of carbonyl (C=O) groups is 1. The fourth-order valence-corrected chi connectivity index (χ4v) is 0.466. The average molecular weight is 163 g/mol. The lowest BCUT2D eigenvalue weighted by Gasteiger charge is -2.02. The van der Waals surface area contributed by atoms with E-state index in [2.05, 4.69) is 17.2 Å². The topological polar surface area (TPSA) is 41.1 Å². The zero-order valence-corrected chi connectivity index (χ0v) is 6.66. The Morgan fingerprint density at radius 1 is 1.60 bits per heavy atom. The number of carbonyl (C=O) groups excluding carboxylic acids is 1. The van der Waals surface area contributed by atoms with Gasteiger partial charge in [-0.1, -0.05) is 18.2 Å². The molecule has 0 fully saturated rings. The van der Waals surface area contributed by atoms with Crippen molar-refractivity contribution in [3.8, 4) is 0 Å². The molecule has 0 aromatic rings. The molecule has 10 heavy (non-hydrogen) atoms. The predicted molar refractivity (Wildman–Crippen MR) is 42.1 cm³/mol. The van der Waals surface area contributed by atoms with E-state index in [4.69, 9.17) is 11.6 Å². The molecular formula is C6H11ClN2O. The van der Waals surface area contributed by atoms with Gasteiger partial charge in [-0.05, 0) is 6.92 Å². The standard InChI is InChI=1S/C6H11ClN2O/c1-3-8-6(10)9-4-5(2)7/h2-4H2,1H3,(H2,8,9,10). The summed E-state index contributed by atoms with van der Waals surface area (Å²) in [5, 5.41) is 5.48. The van der Waals surface area contributed by atoms with Gasteiger partial charge in [0.2, 0.25) is 0 Å². The molecule has 0 aromatic heterocycles. The van der Waals surface area contributed by atoms with Crippen molar-refractivity contribution in [2.45, 2.75) is 6.92 Å². The van der Waals surface area contributed by atoms with Crippen molar-refractivity contribution in [2.75, 3.05) is 13.1 Å². The summed E-state index contributed by atoms with van der Waals surface area (Å²) in [4.78, 5) is 10.6. The maximum atomic E-state index is 10.6. The highest BCUT2D eigenvalue weighted by atomic mass is 35.5. The highest BCUT2D eigenvalue weighted by molar-refractivity contribution is 6.29. The van der Waals surface area contributed by atoms with Gasteiger partial charge in [0.05, 0.1) is 6.54 Å². The molecule has 0 atom stereocenters. The molecule has 0 spiro atoms. The van der Waals surface area contributed by atoms with Gasteiger partial charge in [0.15, 0.2) is 0 Å². The normalized spacial score (nSPS) is 8.60. The first-order valence-electron chi connectivity index (χ1n) is 3.01. The average Bonchev–Trinajstić information content (AvgIpc) is 1.85. The van der Waals surface area contributed by atoms with Crippen molar-refractivity contribution in [3.63, 3.8) is 0 Å². The third-order valence-corrected chi connectivity index (χ3v) is 0.912. The zero-order valence-electron chi connectivity index (χ0n) is 5.91. The largest absolute Gasteiger partial charge is 0.338 e. The smallest absolute Gasteiger partial charge is 0.315 e. The number of rotatable bonds is 3. The minimum Gasteiger partial charge on any atom is -0.338 e. The van der Waals surface area contributed by atoms with Crippen LogP contribution in [0.25, 0.3) is 0 Å². The number of amides is 2. The third-order valence-electron chi connectivity index (χ3n) is 0.778. The van der Waals surface area contributed by atoms with E-state index in [0.717, 1.165) is 0 Å². The molecule has 58 valence electrons. The van der Waals surface area contributed by atoms with Crippen molar-refractivity contribution in [2.24, 2.45) is 0 Å². The summed E-state index contributed by atoms with van der Waals surface area (Å²) in [5.74, 6) is 0. The van der Waals surface area contributed by atoms with Crippen LogP contribution in [0.15, 0.2) is 11.6 Å². The minimum absolute atomic E-state index is 0.218. The molecule has 0 saturated heterocycles. The fraction of sp³-hybridized carbons (Fsp3) is 0.500. The first-order valence-corrected chi connectivity index (χ1v) is 3.39. The Labute approximate surface area is 65.4 Å². The second-order valence-electron chi connectivity index (χ2n) is 1.73. The van der Waals surface area contributed by atoms with Crippen LogP contribution in [0.5, 0.6) is 0 Å². The van der Waals surface area contributed by atoms with Crippen molar-refractivity contribution in [1.82, 2.24) is 10.6 Å². The summed E-state index contributed by atoms with van der Waals surface area (Å²) < 4.78 is 0. The molecule has 0 saturated carbocycles. The lowest BCUT2D eigenvalue weighted by atomic mass is 10.6.